The molecule has 3 rings (SSSR count). The van der Waals surface area contributed by atoms with Crippen molar-refractivity contribution < 1.29 is 23.9 Å². The lowest BCUT2D eigenvalue weighted by Crippen LogP contribution is -2.32. The number of hydrogen-bond donors (Lipinski definition) is 1. The summed E-state index contributed by atoms with van der Waals surface area (Å²) in [6.07, 6.45) is 0. The molecule has 1 N–H and O–H groups in total. The molecular formula is C20H15ClN2O5. The van der Waals surface area contributed by atoms with Crippen LogP contribution in [0.3, 0.4) is 0 Å². The highest BCUT2D eigenvalue weighted by Gasteiger charge is 2.39. The number of Topliss-reactive ketones (excluding diaryl/α,β-unsaturated/α-hetero) is 1. The van der Waals surface area contributed by atoms with Crippen LogP contribution in [-0.2, 0) is 14.3 Å². The zero-order valence-corrected chi connectivity index (χ0v) is 15.7. The lowest BCUT2D eigenvalue weighted by Gasteiger charge is -2.16. The molecule has 1 aliphatic rings. The van der Waals surface area contributed by atoms with Gasteiger partial charge in [0.05, 0.1) is 18.4 Å². The Labute approximate surface area is 165 Å². The van der Waals surface area contributed by atoms with E-state index in [-0.39, 0.29) is 27.8 Å². The molecule has 0 atom stereocenters. The van der Waals surface area contributed by atoms with Crippen LogP contribution >= 0.6 is 11.6 Å². The highest BCUT2D eigenvalue weighted by atomic mass is 35.5. The predicted octanol–water partition coefficient (Wildman–Crippen LogP) is 3.11. The third-order valence-corrected chi connectivity index (χ3v) is 4.46. The average Bonchev–Trinajstić information content (AvgIpc) is 2.91. The quantitative estimate of drug-likeness (QED) is 0.472. The summed E-state index contributed by atoms with van der Waals surface area (Å²) in [5.74, 6) is -2.05. The van der Waals surface area contributed by atoms with E-state index in [1.165, 1.54) is 38.3 Å². The fraction of sp³-hybridized carbons (Fsp3) is 0.100. The Hall–Kier alpha value is -3.45. The molecule has 0 saturated carbocycles. The van der Waals surface area contributed by atoms with E-state index in [0.29, 0.717) is 11.3 Å². The summed E-state index contributed by atoms with van der Waals surface area (Å²) in [5.41, 5.74) is 1.30. The number of rotatable bonds is 5. The maximum atomic E-state index is 12.8. The number of hydrogen-bond acceptors (Lipinski definition) is 6. The first kappa shape index (κ1) is 19.3. The highest BCUT2D eigenvalue weighted by Crippen LogP contribution is 2.30. The van der Waals surface area contributed by atoms with Gasteiger partial charge in [0.2, 0.25) is 0 Å². The van der Waals surface area contributed by atoms with Crippen LogP contribution in [0.25, 0.3) is 0 Å². The second kappa shape index (κ2) is 7.66. The van der Waals surface area contributed by atoms with Crippen molar-refractivity contribution in [2.24, 2.45) is 0 Å². The number of nitrogens with zero attached hydrogens (tertiary/aromatic N) is 1. The topological polar surface area (TPSA) is 92.8 Å². The van der Waals surface area contributed by atoms with Crippen molar-refractivity contribution in [3.05, 3.63) is 70.4 Å². The molecule has 1 aliphatic heterocycles. The molecule has 28 heavy (non-hydrogen) atoms. The SMILES string of the molecule is COC(=O)c1cccc(N2C(=O)C(Cl)=C(Nc3ccc(C(C)=O)cc3)C2=O)c1. The Morgan fingerprint density at radius 1 is 1.00 bits per heavy atom. The van der Waals surface area contributed by atoms with E-state index in [4.69, 9.17) is 11.6 Å². The number of imide groups is 1. The summed E-state index contributed by atoms with van der Waals surface area (Å²) in [6.45, 7) is 1.45. The number of carbonyl (C=O) groups is 4. The first-order chi connectivity index (χ1) is 13.3. The van der Waals surface area contributed by atoms with E-state index < -0.39 is 17.8 Å². The Kier molecular flexibility index (Phi) is 5.28. The van der Waals surface area contributed by atoms with Crippen LogP contribution in [-0.4, -0.2) is 30.7 Å². The van der Waals surface area contributed by atoms with Gasteiger partial charge in [-0.25, -0.2) is 9.69 Å². The molecule has 7 nitrogen and oxygen atoms in total. The van der Waals surface area contributed by atoms with Gasteiger partial charge >= 0.3 is 5.97 Å². The Morgan fingerprint density at radius 3 is 2.29 bits per heavy atom. The molecule has 2 aromatic carbocycles. The third-order valence-electron chi connectivity index (χ3n) is 4.11. The summed E-state index contributed by atoms with van der Waals surface area (Å²) >= 11 is 6.09. The minimum Gasteiger partial charge on any atom is -0.465 e. The zero-order valence-electron chi connectivity index (χ0n) is 15.0. The van der Waals surface area contributed by atoms with Gasteiger partial charge in [-0.05, 0) is 49.4 Å². The van der Waals surface area contributed by atoms with Gasteiger partial charge in [0, 0.05) is 11.3 Å². The maximum Gasteiger partial charge on any atom is 0.337 e. The molecule has 0 fully saturated rings. The van der Waals surface area contributed by atoms with Crippen LogP contribution in [0.15, 0.2) is 59.3 Å². The fourth-order valence-corrected chi connectivity index (χ4v) is 2.88. The summed E-state index contributed by atoms with van der Waals surface area (Å²) < 4.78 is 4.66. The molecule has 0 bridgehead atoms. The predicted molar refractivity (Wildman–Crippen MR) is 103 cm³/mol. The molecule has 0 aromatic heterocycles. The number of ketones is 1. The van der Waals surface area contributed by atoms with Gasteiger partial charge in [-0.1, -0.05) is 17.7 Å². The largest absolute Gasteiger partial charge is 0.465 e. The molecule has 2 aromatic rings. The number of carbonyl (C=O) groups excluding carboxylic acids is 4. The van der Waals surface area contributed by atoms with E-state index in [1.54, 1.807) is 24.3 Å². The summed E-state index contributed by atoms with van der Waals surface area (Å²) in [5, 5.41) is 2.54. The van der Waals surface area contributed by atoms with Crippen LogP contribution in [0.4, 0.5) is 11.4 Å². The number of halogens is 1. The zero-order chi connectivity index (χ0) is 20.4. The number of ether oxygens (including phenoxy) is 1. The Morgan fingerprint density at radius 2 is 1.68 bits per heavy atom. The van der Waals surface area contributed by atoms with E-state index in [0.717, 1.165) is 4.90 Å². The molecule has 0 unspecified atom stereocenters. The number of esters is 1. The van der Waals surface area contributed by atoms with Gasteiger partial charge in [-0.15, -0.1) is 0 Å². The second-order valence-electron chi connectivity index (χ2n) is 5.94. The molecule has 0 saturated heterocycles. The molecule has 1 heterocycles. The first-order valence-corrected chi connectivity index (χ1v) is 8.56. The van der Waals surface area contributed by atoms with Crippen LogP contribution < -0.4 is 10.2 Å². The molecular weight excluding hydrogens is 384 g/mol. The van der Waals surface area contributed by atoms with E-state index in [2.05, 4.69) is 10.1 Å². The number of amides is 2. The van der Waals surface area contributed by atoms with E-state index >= 15 is 0 Å². The lowest BCUT2D eigenvalue weighted by atomic mass is 10.1. The molecule has 0 aliphatic carbocycles. The van der Waals surface area contributed by atoms with Gasteiger partial charge in [-0.2, -0.15) is 0 Å². The van der Waals surface area contributed by atoms with Gasteiger partial charge in [-0.3, -0.25) is 14.4 Å². The minimum absolute atomic E-state index is 0.0902. The van der Waals surface area contributed by atoms with Gasteiger partial charge < -0.3 is 10.1 Å². The van der Waals surface area contributed by atoms with Crippen molar-refractivity contribution in [3.8, 4) is 0 Å². The van der Waals surface area contributed by atoms with Crippen molar-refractivity contribution in [1.29, 1.82) is 0 Å². The van der Waals surface area contributed by atoms with Crippen LogP contribution in [0.1, 0.15) is 27.6 Å². The fourth-order valence-electron chi connectivity index (χ4n) is 2.67. The summed E-state index contributed by atoms with van der Waals surface area (Å²) in [6, 6.07) is 12.3. The number of benzene rings is 2. The van der Waals surface area contributed by atoms with Crippen LogP contribution in [0, 0.1) is 0 Å². The minimum atomic E-state index is -0.712. The Balaban J connectivity index is 1.88. The molecule has 0 spiro atoms. The van der Waals surface area contributed by atoms with Crippen molar-refractivity contribution in [1.82, 2.24) is 0 Å². The van der Waals surface area contributed by atoms with Crippen molar-refractivity contribution in [2.75, 3.05) is 17.3 Å². The summed E-state index contributed by atoms with van der Waals surface area (Å²) in [7, 11) is 1.24. The number of methoxy groups -OCH3 is 1. The number of anilines is 2. The first-order valence-electron chi connectivity index (χ1n) is 8.18. The van der Waals surface area contributed by atoms with Crippen molar-refractivity contribution in [2.45, 2.75) is 6.92 Å². The molecule has 2 amide bonds. The third kappa shape index (κ3) is 3.52. The molecule has 0 radical (unpaired) electrons. The van der Waals surface area contributed by atoms with Crippen LogP contribution in [0.2, 0.25) is 0 Å². The maximum absolute atomic E-state index is 12.8. The van der Waals surface area contributed by atoms with E-state index in [9.17, 15) is 19.2 Å². The van der Waals surface area contributed by atoms with Crippen LogP contribution in [0.5, 0.6) is 0 Å². The van der Waals surface area contributed by atoms with Gasteiger partial charge in [0.15, 0.2) is 5.78 Å². The van der Waals surface area contributed by atoms with Crippen molar-refractivity contribution in [3.63, 3.8) is 0 Å². The number of nitrogens with one attached hydrogen (secondary N) is 1. The smallest absolute Gasteiger partial charge is 0.337 e. The monoisotopic (exact) mass is 398 g/mol. The Bertz CT molecular complexity index is 1030. The highest BCUT2D eigenvalue weighted by molar-refractivity contribution is 6.53. The normalized spacial score (nSPS) is 13.8. The average molecular weight is 399 g/mol. The van der Waals surface area contributed by atoms with Crippen molar-refractivity contribution >= 4 is 46.5 Å². The second-order valence-corrected chi connectivity index (χ2v) is 6.31. The lowest BCUT2D eigenvalue weighted by molar-refractivity contribution is -0.120. The standard InChI is InChI=1S/C20H15ClN2O5/c1-11(24)12-6-8-14(9-7-12)22-17-16(21)18(25)23(19(17)26)15-5-3-4-13(10-15)20(27)28-2/h3-10,22H,1-2H3. The summed E-state index contributed by atoms with van der Waals surface area (Å²) in [4.78, 5) is 49.2. The molecule has 142 valence electrons. The molecule has 8 heteroatoms. The van der Waals surface area contributed by atoms with Gasteiger partial charge in [0.25, 0.3) is 11.8 Å². The van der Waals surface area contributed by atoms with Gasteiger partial charge in [0.1, 0.15) is 10.7 Å². The van der Waals surface area contributed by atoms with E-state index in [1.807, 2.05) is 0 Å².